The number of ether oxygens (including phenoxy) is 3. The smallest absolute Gasteiger partial charge is 0.251 e. The van der Waals surface area contributed by atoms with Gasteiger partial charge in [0.25, 0.3) is 5.91 Å². The summed E-state index contributed by atoms with van der Waals surface area (Å²) >= 11 is 5.73. The molecule has 5 heterocycles. The lowest BCUT2D eigenvalue weighted by molar-refractivity contribution is -0.255. The van der Waals surface area contributed by atoms with E-state index in [-0.39, 0.29) is 17.0 Å². The fourth-order valence-electron chi connectivity index (χ4n) is 9.50. The fraction of sp³-hybridized carbons (Fsp3) is 0.533. The van der Waals surface area contributed by atoms with Crippen molar-refractivity contribution in [2.75, 3.05) is 69.9 Å². The maximum absolute atomic E-state index is 13.4. The van der Waals surface area contributed by atoms with E-state index in [9.17, 15) is 14.7 Å². The summed E-state index contributed by atoms with van der Waals surface area (Å²) in [6.45, 7) is 6.47. The molecule has 0 aliphatic carbocycles. The van der Waals surface area contributed by atoms with Crippen LogP contribution in [0.2, 0.25) is 0 Å². The van der Waals surface area contributed by atoms with E-state index in [2.05, 4.69) is 26.9 Å². The van der Waals surface area contributed by atoms with Crippen molar-refractivity contribution in [3.8, 4) is 11.5 Å². The number of hydrogen-bond donors (Lipinski definition) is 1. The average Bonchev–Trinajstić information content (AvgIpc) is 3.55. The number of fused-ring (bicyclic) bond motifs is 4. The zero-order valence-corrected chi connectivity index (χ0v) is 32.8. The van der Waals surface area contributed by atoms with Gasteiger partial charge in [0.1, 0.15) is 24.6 Å². The van der Waals surface area contributed by atoms with E-state index >= 15 is 0 Å². The van der Waals surface area contributed by atoms with Crippen molar-refractivity contribution in [1.29, 1.82) is 0 Å². The molecular formula is C45H54ClN3O6. The number of benzene rings is 3. The predicted octanol–water partition coefficient (Wildman–Crippen LogP) is 4.83. The Bertz CT molecular complexity index is 2080. The minimum Gasteiger partial charge on any atom is -0.545 e. The highest BCUT2D eigenvalue weighted by atomic mass is 35.5. The summed E-state index contributed by atoms with van der Waals surface area (Å²) in [4.78, 5) is 29.0. The lowest BCUT2D eigenvalue weighted by Gasteiger charge is -2.35. The molecule has 5 aliphatic rings. The Balaban J connectivity index is 1.12. The molecule has 5 aliphatic heterocycles. The van der Waals surface area contributed by atoms with Crippen LogP contribution in [0.3, 0.4) is 0 Å². The van der Waals surface area contributed by atoms with Crippen molar-refractivity contribution in [3.63, 3.8) is 0 Å². The zero-order chi connectivity index (χ0) is 37.7. The summed E-state index contributed by atoms with van der Waals surface area (Å²) in [5, 5.41) is 18.3. The third-order valence-electron chi connectivity index (χ3n) is 12.0. The Kier molecular flexibility index (Phi) is 12.1. The van der Waals surface area contributed by atoms with E-state index in [1.807, 2.05) is 6.07 Å². The second kappa shape index (κ2) is 17.5. The molecule has 1 amide bonds. The van der Waals surface area contributed by atoms with Crippen molar-refractivity contribution in [1.82, 2.24) is 9.89 Å². The van der Waals surface area contributed by atoms with E-state index in [0.717, 1.165) is 144 Å². The average molecular weight is 768 g/mol. The number of amides is 1. The number of aryl methyl sites for hydroxylation is 2. The number of carboxylic acids is 1. The van der Waals surface area contributed by atoms with E-state index in [0.29, 0.717) is 44.4 Å². The van der Waals surface area contributed by atoms with Crippen LogP contribution >= 0.6 is 11.6 Å². The molecular weight excluding hydrogens is 714 g/mol. The van der Waals surface area contributed by atoms with Crippen molar-refractivity contribution >= 4 is 34.7 Å². The molecule has 0 bridgehead atoms. The van der Waals surface area contributed by atoms with Crippen LogP contribution in [-0.2, 0) is 35.2 Å². The lowest BCUT2D eigenvalue weighted by Crippen LogP contribution is -2.41. The standard InChI is InChI=1S/C45H54ClN3O6/c46-17-5-1-2-8-23-53-25-26-54-24-18-47-44(50)32-15-16-33(36(29-32)45(51)52)39-37-27-30-11-3-6-19-48-21-9-13-34(40(30)48)42(37)55-43-35-14-10-22-49-20-7-4-12-31(41(35)49)28-38(39)43/h15-16,27-29H,1-14,17-26H2,(H-,47,50,51,52). The molecule has 0 fully saturated rings. The largest absolute Gasteiger partial charge is 0.545 e. The first-order valence-electron chi connectivity index (χ1n) is 20.8. The minimum absolute atomic E-state index is 0.00735. The molecule has 3 aromatic rings. The monoisotopic (exact) mass is 767 g/mol. The molecule has 8 rings (SSSR count). The Labute approximate surface area is 329 Å². The first-order chi connectivity index (χ1) is 27.0. The van der Waals surface area contributed by atoms with Gasteiger partial charge in [0.15, 0.2) is 0 Å². The van der Waals surface area contributed by atoms with Gasteiger partial charge in [0.05, 0.1) is 31.4 Å². The third kappa shape index (κ3) is 7.90. The summed E-state index contributed by atoms with van der Waals surface area (Å²) in [5.41, 5.74) is 9.11. The Morgan fingerprint density at radius 1 is 0.782 bits per heavy atom. The van der Waals surface area contributed by atoms with Gasteiger partial charge in [-0.15, -0.1) is 11.6 Å². The van der Waals surface area contributed by atoms with Crippen LogP contribution in [0.1, 0.15) is 118 Å². The van der Waals surface area contributed by atoms with E-state index < -0.39 is 5.97 Å². The van der Waals surface area contributed by atoms with Gasteiger partial charge in [0, 0.05) is 89.3 Å². The quantitative estimate of drug-likeness (QED) is 0.105. The maximum Gasteiger partial charge on any atom is 0.251 e. The minimum atomic E-state index is -1.31. The number of anilines is 1. The van der Waals surface area contributed by atoms with Crippen LogP contribution in [0, 0.1) is 0 Å². The number of unbranched alkanes of at least 4 members (excludes halogenated alkanes) is 3. The van der Waals surface area contributed by atoms with Gasteiger partial charge < -0.3 is 34.3 Å². The Hall–Kier alpha value is -3.92. The normalized spacial score (nSPS) is 16.9. The molecule has 292 valence electrons. The first-order valence-corrected chi connectivity index (χ1v) is 21.3. The molecule has 9 nitrogen and oxygen atoms in total. The molecule has 0 aromatic heterocycles. The molecule has 0 unspecified atom stereocenters. The second-order valence-electron chi connectivity index (χ2n) is 15.7. The number of carbonyl (C=O) groups excluding carboxylic acids is 2. The van der Waals surface area contributed by atoms with E-state index in [1.54, 1.807) is 6.07 Å². The Morgan fingerprint density at radius 2 is 1.56 bits per heavy atom. The predicted molar refractivity (Wildman–Crippen MR) is 213 cm³/mol. The SMILES string of the molecule is O=C(NCCOCCOCCCCCCCl)c1ccc(C2=c3cc4c5c(c3Oc3c2cc2c6c3CCCN6CCCC2)CCC[N+]=5CCCC4)c(C(=O)[O-])c1. The summed E-state index contributed by atoms with van der Waals surface area (Å²) in [6.07, 6.45) is 14.7. The number of hydrogen-bond acceptors (Lipinski definition) is 7. The van der Waals surface area contributed by atoms with Gasteiger partial charge in [-0.25, -0.2) is 4.58 Å². The number of halogens is 1. The number of rotatable bonds is 15. The Morgan fingerprint density at radius 3 is 2.44 bits per heavy atom. The topological polar surface area (TPSA) is 103 Å². The van der Waals surface area contributed by atoms with Gasteiger partial charge in [-0.05, 0) is 99.6 Å². The van der Waals surface area contributed by atoms with Crippen LogP contribution in [0.5, 0.6) is 11.5 Å². The van der Waals surface area contributed by atoms with Crippen LogP contribution in [0.4, 0.5) is 5.69 Å². The zero-order valence-electron chi connectivity index (χ0n) is 32.1. The van der Waals surface area contributed by atoms with Crippen LogP contribution in [0.15, 0.2) is 30.3 Å². The summed E-state index contributed by atoms with van der Waals surface area (Å²) < 4.78 is 21.0. The molecule has 0 radical (unpaired) electrons. The first kappa shape index (κ1) is 38.0. The fourth-order valence-corrected chi connectivity index (χ4v) is 9.69. The molecule has 0 spiro atoms. The molecule has 0 saturated heterocycles. The van der Waals surface area contributed by atoms with E-state index in [4.69, 9.17) is 25.8 Å². The van der Waals surface area contributed by atoms with Crippen LogP contribution < -0.4 is 35.2 Å². The molecule has 55 heavy (non-hydrogen) atoms. The summed E-state index contributed by atoms with van der Waals surface area (Å²) in [5.74, 6) is 0.782. The van der Waals surface area contributed by atoms with E-state index in [1.165, 1.54) is 39.4 Å². The number of nitrogens with one attached hydrogen (secondary N) is 1. The summed E-state index contributed by atoms with van der Waals surface area (Å²) in [7, 11) is 0. The molecule has 10 heteroatoms. The highest BCUT2D eigenvalue weighted by molar-refractivity contribution is 6.17. The lowest BCUT2D eigenvalue weighted by atomic mass is 9.83. The van der Waals surface area contributed by atoms with Crippen LogP contribution in [-0.4, -0.2) is 76.9 Å². The number of nitrogens with zero attached hydrogens (tertiary/aromatic N) is 2. The number of carboxylic acid groups (broad SMARTS) is 1. The maximum atomic E-state index is 13.4. The highest BCUT2D eigenvalue weighted by Gasteiger charge is 2.35. The van der Waals surface area contributed by atoms with Gasteiger partial charge in [-0.3, -0.25) is 4.79 Å². The molecule has 0 saturated carbocycles. The molecule has 0 atom stereocenters. The van der Waals surface area contributed by atoms with Gasteiger partial charge in [0.2, 0.25) is 5.36 Å². The number of carbonyl (C=O) groups is 2. The molecule has 1 N–H and O–H groups in total. The van der Waals surface area contributed by atoms with Gasteiger partial charge in [-0.2, -0.15) is 0 Å². The van der Waals surface area contributed by atoms with Crippen LogP contribution in [0.25, 0.3) is 5.57 Å². The third-order valence-corrected chi connectivity index (χ3v) is 12.3. The van der Waals surface area contributed by atoms with Crippen molar-refractivity contribution < 1.29 is 28.9 Å². The summed E-state index contributed by atoms with van der Waals surface area (Å²) in [6, 6.07) is 9.60. The number of alkyl halides is 1. The number of aromatic carboxylic acids is 1. The van der Waals surface area contributed by atoms with Crippen molar-refractivity contribution in [2.45, 2.75) is 89.9 Å². The van der Waals surface area contributed by atoms with Gasteiger partial charge >= 0.3 is 0 Å². The highest BCUT2D eigenvalue weighted by Crippen LogP contribution is 2.48. The van der Waals surface area contributed by atoms with Gasteiger partial charge in [-0.1, -0.05) is 18.9 Å². The van der Waals surface area contributed by atoms with Crippen molar-refractivity contribution in [2.24, 2.45) is 0 Å². The van der Waals surface area contributed by atoms with Crippen molar-refractivity contribution in [3.05, 3.63) is 85.4 Å². The molecule has 3 aromatic carbocycles. The second-order valence-corrected chi connectivity index (χ2v) is 16.1.